The van der Waals surface area contributed by atoms with Crippen LogP contribution >= 0.6 is 0 Å². The third-order valence-corrected chi connectivity index (χ3v) is 4.60. The first-order valence-corrected chi connectivity index (χ1v) is 9.36. The number of nitrogens with zero attached hydrogens (tertiary/aromatic N) is 1. The van der Waals surface area contributed by atoms with Gasteiger partial charge in [0.1, 0.15) is 18.2 Å². The lowest BCUT2D eigenvalue weighted by molar-refractivity contribution is 0.102. The largest absolute Gasteiger partial charge is 0.492 e. The summed E-state index contributed by atoms with van der Waals surface area (Å²) < 4.78 is 25.1. The molecular formula is C21H26FN3O3. The van der Waals surface area contributed by atoms with E-state index in [1.54, 1.807) is 18.2 Å². The van der Waals surface area contributed by atoms with Gasteiger partial charge in [0.25, 0.3) is 5.91 Å². The number of halogens is 1. The molecule has 1 fully saturated rings. The van der Waals surface area contributed by atoms with Gasteiger partial charge in [0.2, 0.25) is 0 Å². The summed E-state index contributed by atoms with van der Waals surface area (Å²) in [5.74, 6) is 0.0506. The highest BCUT2D eigenvalue weighted by atomic mass is 19.1. The standard InChI is InChI=1S/C21H26FN3O3/c1-14-9-16(10-15(2)20(14)28-6-3-23)21(26)24-18-11-17(22)12-19(13-18)25-4-7-27-8-5-25/h9-13H,3-8,23H2,1-2H3,(H,24,26). The molecule has 0 unspecified atom stereocenters. The maximum atomic E-state index is 14.1. The van der Waals surface area contributed by atoms with Crippen LogP contribution in [-0.4, -0.2) is 45.4 Å². The number of hydrogen-bond acceptors (Lipinski definition) is 5. The molecule has 0 spiro atoms. The van der Waals surface area contributed by atoms with Crippen molar-refractivity contribution < 1.29 is 18.7 Å². The van der Waals surface area contributed by atoms with Crippen LogP contribution in [0, 0.1) is 19.7 Å². The van der Waals surface area contributed by atoms with Gasteiger partial charge >= 0.3 is 0 Å². The zero-order valence-corrected chi connectivity index (χ0v) is 16.3. The molecule has 6 nitrogen and oxygen atoms in total. The number of ether oxygens (including phenoxy) is 2. The van der Waals surface area contributed by atoms with E-state index in [-0.39, 0.29) is 5.91 Å². The third-order valence-electron chi connectivity index (χ3n) is 4.60. The van der Waals surface area contributed by atoms with Gasteiger partial charge in [-0.05, 0) is 55.3 Å². The van der Waals surface area contributed by atoms with Gasteiger partial charge in [0.15, 0.2) is 0 Å². The summed E-state index contributed by atoms with van der Waals surface area (Å²) >= 11 is 0. The van der Waals surface area contributed by atoms with Gasteiger partial charge in [-0.25, -0.2) is 4.39 Å². The van der Waals surface area contributed by atoms with Crippen LogP contribution in [0.4, 0.5) is 15.8 Å². The summed E-state index contributed by atoms with van der Waals surface area (Å²) in [5.41, 5.74) is 8.84. The van der Waals surface area contributed by atoms with Gasteiger partial charge in [0.05, 0.1) is 13.2 Å². The molecule has 7 heteroatoms. The summed E-state index contributed by atoms with van der Waals surface area (Å²) in [5, 5.41) is 2.80. The van der Waals surface area contributed by atoms with Gasteiger partial charge in [-0.1, -0.05) is 0 Å². The summed E-state index contributed by atoms with van der Waals surface area (Å²) in [6.07, 6.45) is 0. The van der Waals surface area contributed by atoms with Gasteiger partial charge in [0, 0.05) is 36.6 Å². The van der Waals surface area contributed by atoms with Crippen LogP contribution in [0.5, 0.6) is 5.75 Å². The Labute approximate surface area is 164 Å². The Bertz CT molecular complexity index is 828. The zero-order valence-electron chi connectivity index (χ0n) is 16.3. The highest BCUT2D eigenvalue weighted by Crippen LogP contribution is 2.27. The summed E-state index contributed by atoms with van der Waals surface area (Å²) in [4.78, 5) is 14.8. The summed E-state index contributed by atoms with van der Waals surface area (Å²) in [7, 11) is 0. The Kier molecular flexibility index (Phi) is 6.49. The molecule has 150 valence electrons. The van der Waals surface area contributed by atoms with Crippen molar-refractivity contribution in [1.82, 2.24) is 0 Å². The normalized spacial score (nSPS) is 14.1. The van der Waals surface area contributed by atoms with E-state index in [1.165, 1.54) is 12.1 Å². The molecule has 3 rings (SSSR count). The second-order valence-electron chi connectivity index (χ2n) is 6.83. The first-order valence-electron chi connectivity index (χ1n) is 9.36. The number of carbonyl (C=O) groups excluding carboxylic acids is 1. The SMILES string of the molecule is Cc1cc(C(=O)Nc2cc(F)cc(N3CCOCC3)c2)cc(C)c1OCCN. The topological polar surface area (TPSA) is 76.8 Å². The van der Waals surface area contributed by atoms with Crippen LogP contribution < -0.4 is 20.7 Å². The number of benzene rings is 2. The molecule has 1 saturated heterocycles. The van der Waals surface area contributed by atoms with Crippen molar-refractivity contribution in [2.45, 2.75) is 13.8 Å². The minimum atomic E-state index is -0.391. The number of rotatable bonds is 6. The van der Waals surface area contributed by atoms with Crippen molar-refractivity contribution in [1.29, 1.82) is 0 Å². The predicted molar refractivity (Wildman–Crippen MR) is 108 cm³/mol. The van der Waals surface area contributed by atoms with E-state index in [4.69, 9.17) is 15.2 Å². The number of anilines is 2. The second-order valence-corrected chi connectivity index (χ2v) is 6.83. The zero-order chi connectivity index (χ0) is 20.1. The lowest BCUT2D eigenvalue weighted by atomic mass is 10.0. The fourth-order valence-electron chi connectivity index (χ4n) is 3.32. The first-order chi connectivity index (χ1) is 13.5. The van der Waals surface area contributed by atoms with Gasteiger partial charge in [-0.15, -0.1) is 0 Å². The molecule has 0 radical (unpaired) electrons. The molecule has 0 aromatic heterocycles. The molecule has 3 N–H and O–H groups in total. The van der Waals surface area contributed by atoms with E-state index in [0.717, 1.165) is 22.6 Å². The van der Waals surface area contributed by atoms with E-state index >= 15 is 0 Å². The van der Waals surface area contributed by atoms with Crippen LogP contribution in [0.25, 0.3) is 0 Å². The van der Waals surface area contributed by atoms with E-state index in [2.05, 4.69) is 5.32 Å². The van der Waals surface area contributed by atoms with E-state index < -0.39 is 5.82 Å². The molecule has 0 atom stereocenters. The van der Waals surface area contributed by atoms with Gasteiger partial charge in [-0.2, -0.15) is 0 Å². The number of hydrogen-bond donors (Lipinski definition) is 2. The lowest BCUT2D eigenvalue weighted by Crippen LogP contribution is -2.36. The van der Waals surface area contributed by atoms with Gasteiger partial charge in [-0.3, -0.25) is 4.79 Å². The van der Waals surface area contributed by atoms with E-state index in [9.17, 15) is 9.18 Å². The summed E-state index contributed by atoms with van der Waals surface area (Å²) in [6, 6.07) is 8.09. The van der Waals surface area contributed by atoms with E-state index in [0.29, 0.717) is 50.7 Å². The molecule has 0 saturated carbocycles. The third kappa shape index (κ3) is 4.79. The fourth-order valence-corrected chi connectivity index (χ4v) is 3.32. The average Bonchev–Trinajstić information content (AvgIpc) is 2.67. The number of nitrogens with one attached hydrogen (secondary N) is 1. The fraction of sp³-hybridized carbons (Fsp3) is 0.381. The summed E-state index contributed by atoms with van der Waals surface area (Å²) in [6.45, 7) is 7.21. The van der Waals surface area contributed by atoms with Crippen LogP contribution in [0.15, 0.2) is 30.3 Å². The highest BCUT2D eigenvalue weighted by molar-refractivity contribution is 6.04. The van der Waals surface area contributed by atoms with Crippen LogP contribution in [0.3, 0.4) is 0 Å². The van der Waals surface area contributed by atoms with Crippen molar-refractivity contribution in [3.05, 3.63) is 52.8 Å². The van der Waals surface area contributed by atoms with Crippen molar-refractivity contribution >= 4 is 17.3 Å². The quantitative estimate of drug-likeness (QED) is 0.797. The average molecular weight is 387 g/mol. The Morgan fingerprint density at radius 2 is 1.86 bits per heavy atom. The highest BCUT2D eigenvalue weighted by Gasteiger charge is 2.16. The van der Waals surface area contributed by atoms with Crippen molar-refractivity contribution in [3.63, 3.8) is 0 Å². The van der Waals surface area contributed by atoms with E-state index in [1.807, 2.05) is 18.7 Å². The van der Waals surface area contributed by atoms with Gasteiger partial charge < -0.3 is 25.4 Å². The molecule has 2 aromatic carbocycles. The Hall–Kier alpha value is -2.64. The number of carbonyl (C=O) groups is 1. The van der Waals surface area contributed by atoms with Crippen molar-refractivity contribution in [2.75, 3.05) is 49.7 Å². The maximum Gasteiger partial charge on any atom is 0.255 e. The minimum Gasteiger partial charge on any atom is -0.492 e. The monoisotopic (exact) mass is 387 g/mol. The molecule has 0 bridgehead atoms. The van der Waals surface area contributed by atoms with Crippen LogP contribution in [0.2, 0.25) is 0 Å². The van der Waals surface area contributed by atoms with Crippen molar-refractivity contribution in [3.8, 4) is 5.75 Å². The lowest BCUT2D eigenvalue weighted by Gasteiger charge is -2.29. The minimum absolute atomic E-state index is 0.296. The second kappa shape index (κ2) is 9.03. The van der Waals surface area contributed by atoms with Crippen LogP contribution in [-0.2, 0) is 4.74 Å². The molecule has 1 aliphatic heterocycles. The molecule has 1 aliphatic rings. The maximum absolute atomic E-state index is 14.1. The first kappa shape index (κ1) is 20.1. The Balaban J connectivity index is 1.78. The Morgan fingerprint density at radius 3 is 2.50 bits per heavy atom. The van der Waals surface area contributed by atoms with Crippen molar-refractivity contribution in [2.24, 2.45) is 5.73 Å². The smallest absolute Gasteiger partial charge is 0.255 e. The molecule has 1 heterocycles. The molecule has 1 amide bonds. The number of morpholine rings is 1. The Morgan fingerprint density at radius 1 is 1.18 bits per heavy atom. The molecule has 2 aromatic rings. The number of amides is 1. The van der Waals surface area contributed by atoms with Crippen LogP contribution in [0.1, 0.15) is 21.5 Å². The number of nitrogens with two attached hydrogens (primary N) is 1. The molecular weight excluding hydrogens is 361 g/mol. The molecule has 28 heavy (non-hydrogen) atoms. The predicted octanol–water partition coefficient (Wildman–Crippen LogP) is 2.87. The molecule has 0 aliphatic carbocycles. The number of aryl methyl sites for hydroxylation is 2.